The van der Waals surface area contributed by atoms with Crippen LogP contribution in [0.25, 0.3) is 0 Å². The number of nitrogens with zero attached hydrogens (tertiary/aromatic N) is 1. The SMILES string of the molecule is OC1CCCC1CNCC1(CN2CCOCC2)CCCCC1. The first kappa shape index (κ1) is 16.7. The molecular weight excluding hydrogens is 276 g/mol. The predicted octanol–water partition coefficient (Wildman–Crippen LogP) is 2.02. The molecule has 3 rings (SSSR count). The van der Waals surface area contributed by atoms with Crippen LogP contribution in [-0.4, -0.2) is 62.0 Å². The normalized spacial score (nSPS) is 33.1. The van der Waals surface area contributed by atoms with Gasteiger partial charge >= 0.3 is 0 Å². The molecule has 128 valence electrons. The summed E-state index contributed by atoms with van der Waals surface area (Å²) in [7, 11) is 0. The average molecular weight is 310 g/mol. The van der Waals surface area contributed by atoms with E-state index in [1.165, 1.54) is 51.5 Å². The molecule has 0 bridgehead atoms. The maximum atomic E-state index is 9.99. The Hall–Kier alpha value is -0.160. The number of aliphatic hydroxyl groups is 1. The van der Waals surface area contributed by atoms with Gasteiger partial charge in [0.25, 0.3) is 0 Å². The van der Waals surface area contributed by atoms with E-state index >= 15 is 0 Å². The van der Waals surface area contributed by atoms with Crippen LogP contribution in [0.4, 0.5) is 0 Å². The molecule has 2 atom stereocenters. The second-order valence-electron chi connectivity index (χ2n) is 7.84. The summed E-state index contributed by atoms with van der Waals surface area (Å²) < 4.78 is 5.50. The van der Waals surface area contributed by atoms with E-state index in [2.05, 4.69) is 10.2 Å². The summed E-state index contributed by atoms with van der Waals surface area (Å²) >= 11 is 0. The maximum absolute atomic E-state index is 9.99. The summed E-state index contributed by atoms with van der Waals surface area (Å²) in [6, 6.07) is 0. The van der Waals surface area contributed by atoms with E-state index in [0.717, 1.165) is 45.8 Å². The van der Waals surface area contributed by atoms with Crippen molar-refractivity contribution in [1.82, 2.24) is 10.2 Å². The molecule has 4 heteroatoms. The Morgan fingerprint density at radius 1 is 1.05 bits per heavy atom. The Morgan fingerprint density at radius 3 is 2.50 bits per heavy atom. The van der Waals surface area contributed by atoms with E-state index in [1.807, 2.05) is 0 Å². The first-order chi connectivity index (χ1) is 10.8. The Morgan fingerprint density at radius 2 is 1.82 bits per heavy atom. The van der Waals surface area contributed by atoms with E-state index in [0.29, 0.717) is 11.3 Å². The maximum Gasteiger partial charge on any atom is 0.0594 e. The summed E-state index contributed by atoms with van der Waals surface area (Å²) in [5.74, 6) is 0.490. The lowest BCUT2D eigenvalue weighted by Crippen LogP contribution is -2.49. The van der Waals surface area contributed by atoms with E-state index in [-0.39, 0.29) is 6.10 Å². The molecule has 0 aromatic rings. The van der Waals surface area contributed by atoms with Gasteiger partial charge in [-0.2, -0.15) is 0 Å². The van der Waals surface area contributed by atoms with Gasteiger partial charge in [-0.3, -0.25) is 4.90 Å². The van der Waals surface area contributed by atoms with Crippen molar-refractivity contribution in [1.29, 1.82) is 0 Å². The van der Waals surface area contributed by atoms with E-state index < -0.39 is 0 Å². The lowest BCUT2D eigenvalue weighted by Gasteiger charge is -2.42. The monoisotopic (exact) mass is 310 g/mol. The summed E-state index contributed by atoms with van der Waals surface area (Å²) in [6.07, 6.45) is 10.3. The second kappa shape index (κ2) is 8.09. The standard InChI is InChI=1S/C18H34N2O2/c21-17-6-4-5-16(17)13-19-14-18(7-2-1-3-8-18)15-20-9-11-22-12-10-20/h16-17,19,21H,1-15H2. The minimum absolute atomic E-state index is 0.0611. The van der Waals surface area contributed by atoms with Crippen molar-refractivity contribution in [3.63, 3.8) is 0 Å². The van der Waals surface area contributed by atoms with Gasteiger partial charge in [-0.05, 0) is 37.0 Å². The molecule has 1 aliphatic heterocycles. The molecule has 22 heavy (non-hydrogen) atoms. The zero-order chi connectivity index (χ0) is 15.3. The summed E-state index contributed by atoms with van der Waals surface area (Å²) in [4.78, 5) is 2.61. The van der Waals surface area contributed by atoms with Crippen LogP contribution in [0.2, 0.25) is 0 Å². The molecular formula is C18H34N2O2. The lowest BCUT2D eigenvalue weighted by atomic mass is 9.73. The van der Waals surface area contributed by atoms with Gasteiger partial charge in [0, 0.05) is 32.7 Å². The number of rotatable bonds is 6. The van der Waals surface area contributed by atoms with Gasteiger partial charge in [-0.15, -0.1) is 0 Å². The predicted molar refractivity (Wildman–Crippen MR) is 89.0 cm³/mol. The van der Waals surface area contributed by atoms with Crippen molar-refractivity contribution in [2.45, 2.75) is 57.5 Å². The Labute approximate surface area is 135 Å². The largest absolute Gasteiger partial charge is 0.393 e. The average Bonchev–Trinajstić information content (AvgIpc) is 2.95. The Bertz CT molecular complexity index is 325. The quantitative estimate of drug-likeness (QED) is 0.788. The molecule has 2 unspecified atom stereocenters. The minimum atomic E-state index is -0.0611. The lowest BCUT2D eigenvalue weighted by molar-refractivity contribution is 0.00665. The highest BCUT2D eigenvalue weighted by molar-refractivity contribution is 4.89. The molecule has 2 aliphatic carbocycles. The number of morpholine rings is 1. The molecule has 1 saturated heterocycles. The third kappa shape index (κ3) is 4.44. The second-order valence-corrected chi connectivity index (χ2v) is 7.84. The van der Waals surface area contributed by atoms with Crippen LogP contribution in [-0.2, 0) is 4.74 Å². The van der Waals surface area contributed by atoms with Crippen molar-refractivity contribution in [2.75, 3.05) is 45.9 Å². The van der Waals surface area contributed by atoms with Crippen LogP contribution in [0.5, 0.6) is 0 Å². The topological polar surface area (TPSA) is 44.7 Å². The zero-order valence-electron chi connectivity index (χ0n) is 14.1. The fourth-order valence-electron chi connectivity index (χ4n) is 4.70. The third-order valence-corrected chi connectivity index (χ3v) is 6.10. The smallest absolute Gasteiger partial charge is 0.0594 e. The number of nitrogens with one attached hydrogen (secondary N) is 1. The molecule has 4 nitrogen and oxygen atoms in total. The van der Waals surface area contributed by atoms with Crippen LogP contribution in [0, 0.1) is 11.3 Å². The molecule has 3 fully saturated rings. The number of hydrogen-bond acceptors (Lipinski definition) is 4. The highest BCUT2D eigenvalue weighted by Gasteiger charge is 2.34. The van der Waals surface area contributed by atoms with Crippen LogP contribution in [0.3, 0.4) is 0 Å². The molecule has 0 radical (unpaired) electrons. The zero-order valence-corrected chi connectivity index (χ0v) is 14.1. The van der Waals surface area contributed by atoms with Crippen molar-refractivity contribution in [3.05, 3.63) is 0 Å². The molecule has 0 aromatic carbocycles. The molecule has 0 aromatic heterocycles. The minimum Gasteiger partial charge on any atom is -0.393 e. The first-order valence-electron chi connectivity index (χ1n) is 9.46. The molecule has 3 aliphatic rings. The molecule has 1 heterocycles. The van der Waals surface area contributed by atoms with Gasteiger partial charge < -0.3 is 15.2 Å². The van der Waals surface area contributed by atoms with Crippen LogP contribution in [0.15, 0.2) is 0 Å². The summed E-state index contributed by atoms with van der Waals surface area (Å²) in [6.45, 7) is 7.37. The van der Waals surface area contributed by atoms with E-state index in [9.17, 15) is 5.11 Å². The third-order valence-electron chi connectivity index (χ3n) is 6.10. The highest BCUT2D eigenvalue weighted by atomic mass is 16.5. The van der Waals surface area contributed by atoms with Gasteiger partial charge in [0.05, 0.1) is 19.3 Å². The molecule has 2 N–H and O–H groups in total. The number of aliphatic hydroxyl groups excluding tert-OH is 1. The summed E-state index contributed by atoms with van der Waals surface area (Å²) in [5.41, 5.74) is 0.457. The van der Waals surface area contributed by atoms with Gasteiger partial charge in [0.1, 0.15) is 0 Å². The molecule has 2 saturated carbocycles. The Balaban J connectivity index is 1.49. The van der Waals surface area contributed by atoms with Gasteiger partial charge in [0.2, 0.25) is 0 Å². The van der Waals surface area contributed by atoms with Gasteiger partial charge in [-0.25, -0.2) is 0 Å². The van der Waals surface area contributed by atoms with E-state index in [4.69, 9.17) is 4.74 Å². The van der Waals surface area contributed by atoms with Gasteiger partial charge in [-0.1, -0.05) is 25.7 Å². The summed E-state index contributed by atoms with van der Waals surface area (Å²) in [5, 5.41) is 13.7. The van der Waals surface area contributed by atoms with Crippen LogP contribution in [0.1, 0.15) is 51.4 Å². The van der Waals surface area contributed by atoms with Crippen molar-refractivity contribution >= 4 is 0 Å². The van der Waals surface area contributed by atoms with Crippen molar-refractivity contribution < 1.29 is 9.84 Å². The van der Waals surface area contributed by atoms with Crippen LogP contribution < -0.4 is 5.32 Å². The fourth-order valence-corrected chi connectivity index (χ4v) is 4.70. The first-order valence-corrected chi connectivity index (χ1v) is 9.46. The van der Waals surface area contributed by atoms with Crippen LogP contribution >= 0.6 is 0 Å². The van der Waals surface area contributed by atoms with Crippen molar-refractivity contribution in [2.24, 2.45) is 11.3 Å². The van der Waals surface area contributed by atoms with Crippen molar-refractivity contribution in [3.8, 4) is 0 Å². The Kier molecular flexibility index (Phi) is 6.14. The van der Waals surface area contributed by atoms with E-state index in [1.54, 1.807) is 0 Å². The number of ether oxygens (including phenoxy) is 1. The number of hydrogen-bond donors (Lipinski definition) is 2. The molecule has 0 amide bonds. The highest BCUT2D eigenvalue weighted by Crippen LogP contribution is 2.37. The fraction of sp³-hybridized carbons (Fsp3) is 1.00. The van der Waals surface area contributed by atoms with Gasteiger partial charge in [0.15, 0.2) is 0 Å². The molecule has 0 spiro atoms.